The highest BCUT2D eigenvalue weighted by atomic mass is 16.5. The van der Waals surface area contributed by atoms with Crippen LogP contribution in [0.15, 0.2) is 0 Å². The molecule has 0 amide bonds. The van der Waals surface area contributed by atoms with E-state index in [0.717, 1.165) is 11.8 Å². The Labute approximate surface area is 136 Å². The second-order valence-corrected chi connectivity index (χ2v) is 8.00. The summed E-state index contributed by atoms with van der Waals surface area (Å²) >= 11 is 0. The minimum atomic E-state index is 0.543. The number of nitrogens with zero attached hydrogens (tertiary/aromatic N) is 2. The average molecular weight is 309 g/mol. The summed E-state index contributed by atoms with van der Waals surface area (Å²) in [5, 5.41) is 3.49. The average Bonchev–Trinajstić information content (AvgIpc) is 2.47. The van der Waals surface area contributed by atoms with Gasteiger partial charge in [0.15, 0.2) is 0 Å². The van der Waals surface area contributed by atoms with Gasteiger partial charge in [0.25, 0.3) is 0 Å². The van der Waals surface area contributed by atoms with E-state index in [4.69, 9.17) is 4.74 Å². The summed E-state index contributed by atoms with van der Waals surface area (Å²) in [6.07, 6.45) is 5.81. The minimum Gasteiger partial charge on any atom is -0.381 e. The Hall–Kier alpha value is -0.160. The van der Waals surface area contributed by atoms with Crippen molar-refractivity contribution in [2.45, 2.75) is 57.7 Å². The number of piperidine rings is 1. The fourth-order valence-corrected chi connectivity index (χ4v) is 4.72. The highest BCUT2D eigenvalue weighted by molar-refractivity contribution is 4.90. The summed E-state index contributed by atoms with van der Waals surface area (Å²) < 4.78 is 5.42. The summed E-state index contributed by atoms with van der Waals surface area (Å²) in [6, 6.07) is 1.41. The molecule has 2 heterocycles. The number of hydrogen-bond acceptors (Lipinski definition) is 4. The van der Waals surface area contributed by atoms with Gasteiger partial charge in [0.1, 0.15) is 0 Å². The van der Waals surface area contributed by atoms with Gasteiger partial charge < -0.3 is 10.1 Å². The predicted molar refractivity (Wildman–Crippen MR) is 91.2 cm³/mol. The predicted octanol–water partition coefficient (Wildman–Crippen LogP) is 1.81. The molecule has 128 valence electrons. The zero-order valence-corrected chi connectivity index (χ0v) is 14.8. The highest BCUT2D eigenvalue weighted by Gasteiger charge is 2.35. The number of hydrogen-bond donors (Lipinski definition) is 1. The lowest BCUT2D eigenvalue weighted by molar-refractivity contribution is -0.0312. The van der Waals surface area contributed by atoms with Crippen molar-refractivity contribution in [1.29, 1.82) is 0 Å². The summed E-state index contributed by atoms with van der Waals surface area (Å²) in [4.78, 5) is 5.50. The quantitative estimate of drug-likeness (QED) is 0.838. The van der Waals surface area contributed by atoms with Crippen molar-refractivity contribution in [1.82, 2.24) is 15.1 Å². The molecular weight excluding hydrogens is 274 g/mol. The van der Waals surface area contributed by atoms with E-state index >= 15 is 0 Å². The van der Waals surface area contributed by atoms with E-state index in [1.165, 1.54) is 65.0 Å². The minimum absolute atomic E-state index is 0.543. The van der Waals surface area contributed by atoms with Crippen LogP contribution in [0.3, 0.4) is 0 Å². The van der Waals surface area contributed by atoms with Crippen LogP contribution in [0.2, 0.25) is 0 Å². The Kier molecular flexibility index (Phi) is 5.77. The van der Waals surface area contributed by atoms with Crippen molar-refractivity contribution >= 4 is 0 Å². The molecule has 2 unspecified atom stereocenters. The van der Waals surface area contributed by atoms with Crippen molar-refractivity contribution in [2.75, 3.05) is 46.4 Å². The molecule has 2 atom stereocenters. The largest absolute Gasteiger partial charge is 0.381 e. The van der Waals surface area contributed by atoms with Gasteiger partial charge in [-0.15, -0.1) is 0 Å². The molecule has 1 N–H and O–H groups in total. The van der Waals surface area contributed by atoms with Crippen LogP contribution in [0, 0.1) is 11.8 Å². The van der Waals surface area contributed by atoms with Crippen molar-refractivity contribution in [2.24, 2.45) is 11.8 Å². The Morgan fingerprint density at radius 2 is 1.59 bits per heavy atom. The Morgan fingerprint density at radius 3 is 2.18 bits per heavy atom. The van der Waals surface area contributed by atoms with Gasteiger partial charge in [-0.2, -0.15) is 0 Å². The topological polar surface area (TPSA) is 27.7 Å². The molecule has 4 nitrogen and oxygen atoms in total. The standard InChI is InChI=1S/C18H35N3O/c1-14-10-20(12-17-8-18(9-17)22-3)11-15(2)21(14)13-16-4-6-19-7-5-16/h14-19H,4-13H2,1-3H3. The maximum absolute atomic E-state index is 5.42. The lowest BCUT2D eigenvalue weighted by Gasteiger charge is -2.48. The number of ether oxygens (including phenoxy) is 1. The lowest BCUT2D eigenvalue weighted by Crippen LogP contribution is -2.59. The van der Waals surface area contributed by atoms with Gasteiger partial charge in [0, 0.05) is 45.4 Å². The monoisotopic (exact) mass is 309 g/mol. The van der Waals surface area contributed by atoms with E-state index in [1.54, 1.807) is 0 Å². The Balaban J connectivity index is 1.44. The molecule has 1 saturated carbocycles. The van der Waals surface area contributed by atoms with Crippen molar-refractivity contribution in [3.05, 3.63) is 0 Å². The zero-order valence-electron chi connectivity index (χ0n) is 14.8. The van der Waals surface area contributed by atoms with Crippen LogP contribution < -0.4 is 5.32 Å². The fourth-order valence-electron chi connectivity index (χ4n) is 4.72. The van der Waals surface area contributed by atoms with Crippen LogP contribution in [0.25, 0.3) is 0 Å². The summed E-state index contributed by atoms with van der Waals surface area (Å²) in [6.45, 7) is 12.4. The van der Waals surface area contributed by atoms with Crippen molar-refractivity contribution in [3.63, 3.8) is 0 Å². The van der Waals surface area contributed by atoms with Gasteiger partial charge in [-0.25, -0.2) is 0 Å². The molecule has 4 heteroatoms. The molecule has 2 aliphatic heterocycles. The number of rotatable bonds is 5. The van der Waals surface area contributed by atoms with E-state index in [2.05, 4.69) is 29.0 Å². The van der Waals surface area contributed by atoms with E-state index in [-0.39, 0.29) is 0 Å². The number of methoxy groups -OCH3 is 1. The molecule has 0 bridgehead atoms. The first-order valence-corrected chi connectivity index (χ1v) is 9.37. The van der Waals surface area contributed by atoms with E-state index in [0.29, 0.717) is 18.2 Å². The molecule has 22 heavy (non-hydrogen) atoms. The Morgan fingerprint density at radius 1 is 0.955 bits per heavy atom. The van der Waals surface area contributed by atoms with Gasteiger partial charge in [-0.05, 0) is 64.5 Å². The molecule has 1 aliphatic carbocycles. The van der Waals surface area contributed by atoms with Crippen molar-refractivity contribution < 1.29 is 4.74 Å². The molecule has 3 aliphatic rings. The van der Waals surface area contributed by atoms with E-state index in [9.17, 15) is 0 Å². The number of nitrogens with one attached hydrogen (secondary N) is 1. The molecular formula is C18H35N3O. The van der Waals surface area contributed by atoms with Gasteiger partial charge in [-0.1, -0.05) is 0 Å². The zero-order chi connectivity index (χ0) is 15.5. The molecule has 0 aromatic rings. The second-order valence-electron chi connectivity index (χ2n) is 8.00. The first kappa shape index (κ1) is 16.7. The van der Waals surface area contributed by atoms with E-state index in [1.807, 2.05) is 7.11 Å². The van der Waals surface area contributed by atoms with Crippen LogP contribution >= 0.6 is 0 Å². The highest BCUT2D eigenvalue weighted by Crippen LogP contribution is 2.31. The molecule has 2 saturated heterocycles. The maximum atomic E-state index is 5.42. The molecule has 0 spiro atoms. The molecule has 0 radical (unpaired) electrons. The van der Waals surface area contributed by atoms with Gasteiger partial charge in [0.05, 0.1) is 6.10 Å². The van der Waals surface area contributed by atoms with Crippen LogP contribution in [0.4, 0.5) is 0 Å². The molecule has 0 aromatic carbocycles. The normalized spacial score (nSPS) is 38.9. The van der Waals surface area contributed by atoms with Gasteiger partial charge in [0.2, 0.25) is 0 Å². The first-order valence-electron chi connectivity index (χ1n) is 9.37. The van der Waals surface area contributed by atoms with E-state index < -0.39 is 0 Å². The summed E-state index contributed by atoms with van der Waals surface area (Å²) in [5.74, 6) is 1.78. The molecule has 3 fully saturated rings. The summed E-state index contributed by atoms with van der Waals surface area (Å²) in [5.41, 5.74) is 0. The summed E-state index contributed by atoms with van der Waals surface area (Å²) in [7, 11) is 1.85. The Bertz CT molecular complexity index is 327. The third-order valence-corrected chi connectivity index (χ3v) is 6.15. The second kappa shape index (κ2) is 7.61. The molecule has 0 aromatic heterocycles. The SMILES string of the molecule is COC1CC(CN2CC(C)N(CC3CCNCC3)C(C)C2)C1. The maximum Gasteiger partial charge on any atom is 0.0577 e. The van der Waals surface area contributed by atoms with Gasteiger partial charge in [-0.3, -0.25) is 9.80 Å². The van der Waals surface area contributed by atoms with Crippen LogP contribution in [-0.2, 0) is 4.74 Å². The number of piperazine rings is 1. The first-order chi connectivity index (χ1) is 10.7. The van der Waals surface area contributed by atoms with Gasteiger partial charge >= 0.3 is 0 Å². The fraction of sp³-hybridized carbons (Fsp3) is 1.00. The smallest absolute Gasteiger partial charge is 0.0577 e. The third kappa shape index (κ3) is 4.02. The van der Waals surface area contributed by atoms with Crippen LogP contribution in [-0.4, -0.2) is 74.4 Å². The lowest BCUT2D eigenvalue weighted by atomic mass is 9.81. The van der Waals surface area contributed by atoms with Crippen LogP contribution in [0.5, 0.6) is 0 Å². The molecule has 3 rings (SSSR count). The third-order valence-electron chi connectivity index (χ3n) is 6.15. The van der Waals surface area contributed by atoms with Crippen molar-refractivity contribution in [3.8, 4) is 0 Å². The van der Waals surface area contributed by atoms with Crippen LogP contribution in [0.1, 0.15) is 39.5 Å².